The maximum Gasteiger partial charge on any atom is 0.215 e. The van der Waals surface area contributed by atoms with Crippen LogP contribution in [0.5, 0.6) is 0 Å². The second kappa shape index (κ2) is 6.71. The minimum atomic E-state index is -3.43. The fourth-order valence-corrected chi connectivity index (χ4v) is 8.78. The van der Waals surface area contributed by atoms with Gasteiger partial charge in [-0.05, 0) is 56.1 Å². The third kappa shape index (κ3) is 2.91. The van der Waals surface area contributed by atoms with Gasteiger partial charge in [-0.3, -0.25) is 0 Å². The zero-order chi connectivity index (χ0) is 20.3. The molecule has 0 aromatic heterocycles. The van der Waals surface area contributed by atoms with Crippen molar-refractivity contribution in [2.24, 2.45) is 16.7 Å². The molecule has 2 bridgehead atoms. The van der Waals surface area contributed by atoms with E-state index in [2.05, 4.69) is 37.8 Å². The Balaban J connectivity index is 1.53. The van der Waals surface area contributed by atoms with E-state index in [4.69, 9.17) is 0 Å². The molecule has 1 aromatic carbocycles. The predicted molar refractivity (Wildman–Crippen MR) is 113 cm³/mol. The zero-order valence-electron chi connectivity index (χ0n) is 17.6. The fraction of sp³-hybridized carbons (Fsp3) is 0.727. The number of benzene rings is 1. The summed E-state index contributed by atoms with van der Waals surface area (Å²) in [6.07, 6.45) is 2.11. The number of aliphatic hydroxyl groups is 1. The average molecular weight is 407 g/mol. The number of hydrogen-bond acceptors (Lipinski definition) is 4. The summed E-state index contributed by atoms with van der Waals surface area (Å²) < 4.78 is 28.6. The molecule has 0 amide bonds. The molecule has 0 spiro atoms. The quantitative estimate of drug-likeness (QED) is 0.835. The highest BCUT2D eigenvalue weighted by Gasteiger charge is 2.65. The Bertz CT molecular complexity index is 853. The van der Waals surface area contributed by atoms with E-state index in [1.165, 1.54) is 11.3 Å². The Kier molecular flexibility index (Phi) is 4.83. The lowest BCUT2D eigenvalue weighted by Crippen LogP contribution is -2.57. The van der Waals surface area contributed by atoms with Gasteiger partial charge in [-0.1, -0.05) is 32.0 Å². The summed E-state index contributed by atoms with van der Waals surface area (Å²) in [5, 5.41) is 10.8. The van der Waals surface area contributed by atoms with Crippen molar-refractivity contribution in [2.75, 3.05) is 30.3 Å². The van der Waals surface area contributed by atoms with Crippen molar-refractivity contribution < 1.29 is 13.5 Å². The first kappa shape index (κ1) is 20.2. The maximum absolute atomic E-state index is 13.5. The Hall–Kier alpha value is -1.11. The molecule has 1 N–H and O–H groups in total. The summed E-state index contributed by atoms with van der Waals surface area (Å²) in [5.41, 5.74) is 1.79. The Labute approximate surface area is 169 Å². The van der Waals surface area contributed by atoms with Crippen molar-refractivity contribution >= 4 is 15.7 Å². The molecular formula is C22H34N2O3S. The van der Waals surface area contributed by atoms with Crippen molar-refractivity contribution in [1.29, 1.82) is 0 Å². The van der Waals surface area contributed by atoms with Crippen molar-refractivity contribution in [1.82, 2.24) is 4.31 Å². The Morgan fingerprint density at radius 3 is 2.50 bits per heavy atom. The highest BCUT2D eigenvalue weighted by Crippen LogP contribution is 2.66. The van der Waals surface area contributed by atoms with Crippen LogP contribution in [0, 0.1) is 23.7 Å². The number of hydrogen-bond donors (Lipinski definition) is 1. The van der Waals surface area contributed by atoms with Crippen LogP contribution >= 0.6 is 0 Å². The summed E-state index contributed by atoms with van der Waals surface area (Å²) in [5.74, 6) is 0.521. The molecule has 3 fully saturated rings. The van der Waals surface area contributed by atoms with Crippen LogP contribution in [0.15, 0.2) is 24.3 Å². The molecule has 28 heavy (non-hydrogen) atoms. The van der Waals surface area contributed by atoms with Gasteiger partial charge in [0, 0.05) is 36.8 Å². The van der Waals surface area contributed by atoms with E-state index >= 15 is 0 Å². The first-order valence-corrected chi connectivity index (χ1v) is 12.2. The number of piperazine rings is 1. The molecular weight excluding hydrogens is 372 g/mol. The monoisotopic (exact) mass is 406 g/mol. The van der Waals surface area contributed by atoms with Crippen molar-refractivity contribution in [2.45, 2.75) is 59.1 Å². The molecule has 1 aromatic rings. The van der Waals surface area contributed by atoms with Crippen LogP contribution in [-0.2, 0) is 10.0 Å². The first-order valence-electron chi connectivity index (χ1n) is 10.6. The SMILES string of the molecule is Cc1ccccc1N1CCN(S(=O)(=O)CC23CCC(CC2O)C3(C)C)C(C)C1. The summed E-state index contributed by atoms with van der Waals surface area (Å²) >= 11 is 0. The summed E-state index contributed by atoms with van der Waals surface area (Å²) in [6.45, 7) is 10.3. The van der Waals surface area contributed by atoms with Crippen LogP contribution in [0.4, 0.5) is 5.69 Å². The number of para-hydroxylation sites is 1. The molecule has 6 heteroatoms. The predicted octanol–water partition coefficient (Wildman–Crippen LogP) is 3.02. The number of aryl methyl sites for hydroxylation is 1. The zero-order valence-corrected chi connectivity index (χ0v) is 18.4. The number of anilines is 1. The molecule has 2 saturated carbocycles. The number of aliphatic hydroxyl groups excluding tert-OH is 1. The number of nitrogens with zero attached hydrogens (tertiary/aromatic N) is 2. The van der Waals surface area contributed by atoms with Gasteiger partial charge in [0.15, 0.2) is 0 Å². The standard InChI is InChI=1S/C22H34N2O3S/c1-16-7-5-6-8-19(16)23-11-12-24(17(2)14-23)28(26,27)15-22-10-9-18(13-20(22)25)21(22,3)4/h5-8,17-18,20,25H,9-15H2,1-4H3. The first-order chi connectivity index (χ1) is 13.1. The van der Waals surface area contributed by atoms with Crippen LogP contribution < -0.4 is 4.90 Å². The maximum atomic E-state index is 13.5. The highest BCUT2D eigenvalue weighted by molar-refractivity contribution is 7.89. The molecule has 2 aliphatic carbocycles. The minimum Gasteiger partial charge on any atom is -0.392 e. The van der Waals surface area contributed by atoms with Crippen molar-refractivity contribution in [3.05, 3.63) is 29.8 Å². The molecule has 1 aliphatic heterocycles. The van der Waals surface area contributed by atoms with Gasteiger partial charge in [-0.15, -0.1) is 0 Å². The van der Waals surface area contributed by atoms with Gasteiger partial charge < -0.3 is 10.0 Å². The fourth-order valence-electron chi connectivity index (χ4n) is 6.28. The van der Waals surface area contributed by atoms with Gasteiger partial charge in [0.1, 0.15) is 0 Å². The summed E-state index contributed by atoms with van der Waals surface area (Å²) in [4.78, 5) is 2.30. The van der Waals surface area contributed by atoms with E-state index in [1.54, 1.807) is 4.31 Å². The second-order valence-electron chi connectivity index (χ2n) is 9.81. The molecule has 1 heterocycles. The molecule has 3 aliphatic rings. The van der Waals surface area contributed by atoms with E-state index in [9.17, 15) is 13.5 Å². The van der Waals surface area contributed by atoms with Gasteiger partial charge in [0.25, 0.3) is 0 Å². The summed E-state index contributed by atoms with van der Waals surface area (Å²) in [6, 6.07) is 8.21. The third-order valence-corrected chi connectivity index (χ3v) is 10.3. The van der Waals surface area contributed by atoms with E-state index in [1.807, 2.05) is 19.1 Å². The van der Waals surface area contributed by atoms with Crippen LogP contribution in [-0.4, -0.2) is 55.4 Å². The second-order valence-corrected chi connectivity index (χ2v) is 11.7. The lowest BCUT2D eigenvalue weighted by molar-refractivity contribution is 0.0143. The van der Waals surface area contributed by atoms with Gasteiger partial charge in [0.05, 0.1) is 11.9 Å². The molecule has 4 atom stereocenters. The van der Waals surface area contributed by atoms with Gasteiger partial charge in [-0.2, -0.15) is 4.31 Å². The number of sulfonamides is 1. The van der Waals surface area contributed by atoms with E-state index in [0.29, 0.717) is 25.6 Å². The molecule has 1 saturated heterocycles. The molecule has 4 unspecified atom stereocenters. The van der Waals surface area contributed by atoms with E-state index in [0.717, 1.165) is 19.3 Å². The third-order valence-electron chi connectivity index (χ3n) is 8.21. The van der Waals surface area contributed by atoms with Crippen LogP contribution in [0.3, 0.4) is 0 Å². The van der Waals surface area contributed by atoms with Crippen molar-refractivity contribution in [3.63, 3.8) is 0 Å². The Morgan fingerprint density at radius 2 is 1.93 bits per heavy atom. The molecule has 4 rings (SSSR count). The van der Waals surface area contributed by atoms with E-state index in [-0.39, 0.29) is 17.2 Å². The van der Waals surface area contributed by atoms with Crippen molar-refractivity contribution in [3.8, 4) is 0 Å². The van der Waals surface area contributed by atoms with Crippen LogP contribution in [0.2, 0.25) is 0 Å². The van der Waals surface area contributed by atoms with Gasteiger partial charge in [0.2, 0.25) is 10.0 Å². The lowest BCUT2D eigenvalue weighted by Gasteiger charge is -2.44. The summed E-state index contributed by atoms with van der Waals surface area (Å²) in [7, 11) is -3.43. The lowest BCUT2D eigenvalue weighted by atomic mass is 9.70. The largest absolute Gasteiger partial charge is 0.392 e. The highest BCUT2D eigenvalue weighted by atomic mass is 32.2. The van der Waals surface area contributed by atoms with Crippen LogP contribution in [0.1, 0.15) is 45.6 Å². The number of fused-ring (bicyclic) bond motifs is 2. The minimum absolute atomic E-state index is 0.0754. The van der Waals surface area contributed by atoms with Gasteiger partial charge >= 0.3 is 0 Å². The normalized spacial score (nSPS) is 35.5. The topological polar surface area (TPSA) is 60.9 Å². The molecule has 5 nitrogen and oxygen atoms in total. The van der Waals surface area contributed by atoms with E-state index < -0.39 is 21.5 Å². The Morgan fingerprint density at radius 1 is 1.21 bits per heavy atom. The smallest absolute Gasteiger partial charge is 0.215 e. The molecule has 156 valence electrons. The molecule has 0 radical (unpaired) electrons. The van der Waals surface area contributed by atoms with Crippen LogP contribution in [0.25, 0.3) is 0 Å². The number of rotatable bonds is 4. The average Bonchev–Trinajstić information content (AvgIpc) is 2.95. The van der Waals surface area contributed by atoms with Gasteiger partial charge in [-0.25, -0.2) is 8.42 Å².